The van der Waals surface area contributed by atoms with E-state index in [1.54, 1.807) is 0 Å². The molecule has 1 nitrogen and oxygen atoms in total. The van der Waals surface area contributed by atoms with Gasteiger partial charge in [-0.3, -0.25) is 4.79 Å². The fourth-order valence-electron chi connectivity index (χ4n) is 3.17. The van der Waals surface area contributed by atoms with Gasteiger partial charge in [-0.1, -0.05) is 52.6 Å². The Balaban J connectivity index is 2.91. The SMILES string of the molecule is C=CC(=O)C(C[Si](C)(C)C)=C1CCC(C(C)(C)C)CC1. The molecule has 0 aromatic carbocycles. The molecule has 0 radical (unpaired) electrons. The van der Waals surface area contributed by atoms with Crippen LogP contribution in [0.25, 0.3) is 0 Å². The van der Waals surface area contributed by atoms with Crippen LogP contribution >= 0.6 is 0 Å². The van der Waals surface area contributed by atoms with Gasteiger partial charge in [0.05, 0.1) is 0 Å². The molecule has 114 valence electrons. The van der Waals surface area contributed by atoms with Crippen LogP contribution in [0.2, 0.25) is 25.7 Å². The first-order valence-corrected chi connectivity index (χ1v) is 11.6. The Bertz CT molecular complexity index is 394. The molecule has 0 aromatic heterocycles. The molecule has 0 bridgehead atoms. The normalized spacial score (nSPS) is 20.7. The van der Waals surface area contributed by atoms with E-state index >= 15 is 0 Å². The fourth-order valence-corrected chi connectivity index (χ4v) is 4.66. The molecule has 0 atom stereocenters. The Morgan fingerprint density at radius 1 is 1.25 bits per heavy atom. The highest BCUT2D eigenvalue weighted by Crippen LogP contribution is 2.41. The second-order valence-electron chi connectivity index (χ2n) is 8.53. The molecule has 0 amide bonds. The number of rotatable bonds is 4. The van der Waals surface area contributed by atoms with Crippen molar-refractivity contribution < 1.29 is 4.79 Å². The first kappa shape index (κ1) is 17.4. The number of carbonyl (C=O) groups excluding carboxylic acids is 1. The largest absolute Gasteiger partial charge is 0.290 e. The summed E-state index contributed by atoms with van der Waals surface area (Å²) in [5.74, 6) is 0.967. The predicted molar refractivity (Wildman–Crippen MR) is 91.8 cm³/mol. The second kappa shape index (κ2) is 6.42. The maximum atomic E-state index is 12.2. The highest BCUT2D eigenvalue weighted by atomic mass is 28.3. The Morgan fingerprint density at radius 2 is 1.75 bits per heavy atom. The van der Waals surface area contributed by atoms with E-state index in [2.05, 4.69) is 47.0 Å². The number of carbonyl (C=O) groups is 1. The summed E-state index contributed by atoms with van der Waals surface area (Å²) in [7, 11) is -1.26. The third-order valence-electron chi connectivity index (χ3n) is 4.43. The molecule has 1 aliphatic rings. The van der Waals surface area contributed by atoms with E-state index in [1.165, 1.54) is 24.5 Å². The molecule has 0 aromatic rings. The van der Waals surface area contributed by atoms with Crippen LogP contribution in [0.15, 0.2) is 23.8 Å². The lowest BCUT2D eigenvalue weighted by molar-refractivity contribution is -0.111. The molecule has 2 heteroatoms. The average Bonchev–Trinajstić information content (AvgIpc) is 2.33. The van der Waals surface area contributed by atoms with Crippen LogP contribution in [0.5, 0.6) is 0 Å². The van der Waals surface area contributed by atoms with Crippen molar-refractivity contribution in [3.05, 3.63) is 23.8 Å². The van der Waals surface area contributed by atoms with Crippen molar-refractivity contribution in [3.8, 4) is 0 Å². The van der Waals surface area contributed by atoms with Crippen molar-refractivity contribution in [2.75, 3.05) is 0 Å². The Morgan fingerprint density at radius 3 is 2.10 bits per heavy atom. The van der Waals surface area contributed by atoms with Crippen molar-refractivity contribution in [2.45, 2.75) is 72.1 Å². The van der Waals surface area contributed by atoms with Gasteiger partial charge in [-0.2, -0.15) is 0 Å². The highest BCUT2D eigenvalue weighted by molar-refractivity contribution is 6.77. The standard InChI is InChI=1S/C18H32OSi/c1-8-17(19)16(13-20(5,6)7)14-9-11-15(12-10-14)18(2,3)4/h8,15H,1,9-13H2,2-7H3. The van der Waals surface area contributed by atoms with Crippen molar-refractivity contribution >= 4 is 13.9 Å². The van der Waals surface area contributed by atoms with Crippen LogP contribution in [0, 0.1) is 11.3 Å². The van der Waals surface area contributed by atoms with Gasteiger partial charge in [-0.05, 0) is 54.7 Å². The number of allylic oxidation sites excluding steroid dienone is 3. The van der Waals surface area contributed by atoms with Gasteiger partial charge in [0.1, 0.15) is 0 Å². The van der Waals surface area contributed by atoms with Gasteiger partial charge in [-0.25, -0.2) is 0 Å². The fraction of sp³-hybridized carbons (Fsp3) is 0.722. The molecule has 0 saturated heterocycles. The first-order chi connectivity index (χ1) is 9.04. The van der Waals surface area contributed by atoms with E-state index < -0.39 is 8.07 Å². The van der Waals surface area contributed by atoms with Crippen molar-refractivity contribution in [1.82, 2.24) is 0 Å². The Labute approximate surface area is 126 Å². The highest BCUT2D eigenvalue weighted by Gasteiger charge is 2.30. The lowest BCUT2D eigenvalue weighted by Gasteiger charge is -2.35. The zero-order chi connectivity index (χ0) is 15.6. The second-order valence-corrected chi connectivity index (χ2v) is 14.0. The maximum absolute atomic E-state index is 12.2. The molecule has 0 N–H and O–H groups in total. The van der Waals surface area contributed by atoms with E-state index in [0.29, 0.717) is 5.41 Å². The summed E-state index contributed by atoms with van der Waals surface area (Å²) >= 11 is 0. The molecule has 1 rings (SSSR count). The molecule has 0 spiro atoms. The van der Waals surface area contributed by atoms with E-state index in [4.69, 9.17) is 0 Å². The Hall–Kier alpha value is -0.633. The van der Waals surface area contributed by atoms with Crippen LogP contribution in [-0.2, 0) is 4.79 Å². The van der Waals surface area contributed by atoms with Gasteiger partial charge in [0.25, 0.3) is 0 Å². The van der Waals surface area contributed by atoms with Gasteiger partial charge in [0.2, 0.25) is 0 Å². The number of ketones is 1. The van der Waals surface area contributed by atoms with Crippen molar-refractivity contribution in [1.29, 1.82) is 0 Å². The van der Waals surface area contributed by atoms with Crippen LogP contribution in [0.3, 0.4) is 0 Å². The quantitative estimate of drug-likeness (QED) is 0.486. The molecule has 1 saturated carbocycles. The minimum atomic E-state index is -1.26. The first-order valence-electron chi connectivity index (χ1n) is 7.92. The average molecular weight is 293 g/mol. The van der Waals surface area contributed by atoms with Gasteiger partial charge in [0.15, 0.2) is 5.78 Å². The topological polar surface area (TPSA) is 17.1 Å². The smallest absolute Gasteiger partial charge is 0.180 e. The molecule has 0 aliphatic heterocycles. The van der Waals surface area contributed by atoms with Gasteiger partial charge >= 0.3 is 0 Å². The van der Waals surface area contributed by atoms with E-state index in [1.807, 2.05) is 0 Å². The lowest BCUT2D eigenvalue weighted by atomic mass is 9.70. The van der Waals surface area contributed by atoms with Crippen LogP contribution < -0.4 is 0 Å². The van der Waals surface area contributed by atoms with Crippen molar-refractivity contribution in [3.63, 3.8) is 0 Å². The number of hydrogen-bond acceptors (Lipinski definition) is 1. The van der Waals surface area contributed by atoms with Crippen LogP contribution in [0.4, 0.5) is 0 Å². The number of hydrogen-bond donors (Lipinski definition) is 0. The van der Waals surface area contributed by atoms with Gasteiger partial charge in [0, 0.05) is 8.07 Å². The molecule has 1 fully saturated rings. The summed E-state index contributed by atoms with van der Waals surface area (Å²) in [6.07, 6.45) is 6.21. The minimum Gasteiger partial charge on any atom is -0.290 e. The molecule has 0 heterocycles. The lowest BCUT2D eigenvalue weighted by Crippen LogP contribution is -2.26. The summed E-state index contributed by atoms with van der Waals surface area (Å²) in [5, 5.41) is 0. The van der Waals surface area contributed by atoms with E-state index in [0.717, 1.165) is 30.4 Å². The zero-order valence-electron chi connectivity index (χ0n) is 14.3. The van der Waals surface area contributed by atoms with E-state index in [-0.39, 0.29) is 5.78 Å². The summed E-state index contributed by atoms with van der Waals surface area (Å²) in [5.41, 5.74) is 2.93. The Kier molecular flexibility index (Phi) is 5.59. The van der Waals surface area contributed by atoms with Crippen LogP contribution in [0.1, 0.15) is 46.5 Å². The third-order valence-corrected chi connectivity index (χ3v) is 5.84. The predicted octanol–water partition coefficient (Wildman–Crippen LogP) is 5.61. The minimum absolute atomic E-state index is 0.177. The summed E-state index contributed by atoms with van der Waals surface area (Å²) < 4.78 is 0. The summed E-state index contributed by atoms with van der Waals surface area (Å²) in [6.45, 7) is 17.7. The van der Waals surface area contributed by atoms with Crippen molar-refractivity contribution in [2.24, 2.45) is 11.3 Å². The van der Waals surface area contributed by atoms with Gasteiger partial charge < -0.3 is 0 Å². The molecule has 20 heavy (non-hydrogen) atoms. The molecule has 1 aliphatic carbocycles. The monoisotopic (exact) mass is 292 g/mol. The third kappa shape index (κ3) is 5.04. The molecular formula is C18H32OSi. The summed E-state index contributed by atoms with van der Waals surface area (Å²) in [4.78, 5) is 12.2. The zero-order valence-corrected chi connectivity index (χ0v) is 15.3. The maximum Gasteiger partial charge on any atom is 0.180 e. The van der Waals surface area contributed by atoms with E-state index in [9.17, 15) is 4.79 Å². The molecule has 0 unspecified atom stereocenters. The van der Waals surface area contributed by atoms with Gasteiger partial charge in [-0.15, -0.1) is 0 Å². The summed E-state index contributed by atoms with van der Waals surface area (Å²) in [6, 6.07) is 1.01. The van der Waals surface area contributed by atoms with Crippen LogP contribution in [-0.4, -0.2) is 13.9 Å². The molecular weight excluding hydrogens is 260 g/mol.